The molecule has 0 atom stereocenters. The van der Waals surface area contributed by atoms with E-state index in [1.54, 1.807) is 30.3 Å². The highest BCUT2D eigenvalue weighted by molar-refractivity contribution is 5.55. The minimum Gasteiger partial charge on any atom is -0.508 e. The summed E-state index contributed by atoms with van der Waals surface area (Å²) in [5, 5.41) is 18.2. The molecular formula is C9H11NO2. The Morgan fingerprint density at radius 3 is 2.17 bits per heavy atom. The van der Waals surface area contributed by atoms with Crippen molar-refractivity contribution in [1.82, 2.24) is 0 Å². The number of aromatic hydroxyl groups is 2. The van der Waals surface area contributed by atoms with Gasteiger partial charge in [0.05, 0.1) is 0 Å². The van der Waals surface area contributed by atoms with Crippen molar-refractivity contribution < 1.29 is 10.2 Å². The third-order valence-electron chi connectivity index (χ3n) is 1.57. The van der Waals surface area contributed by atoms with E-state index >= 15 is 0 Å². The maximum atomic E-state index is 9.12. The SMILES string of the molecule is C=CN(C)c1cc(O)cc(O)c1. The first-order valence-corrected chi connectivity index (χ1v) is 3.52. The largest absolute Gasteiger partial charge is 0.508 e. The Morgan fingerprint density at radius 2 is 1.75 bits per heavy atom. The maximum Gasteiger partial charge on any atom is 0.121 e. The Kier molecular flexibility index (Phi) is 2.24. The van der Waals surface area contributed by atoms with Crippen molar-refractivity contribution in [2.45, 2.75) is 0 Å². The van der Waals surface area contributed by atoms with Crippen LogP contribution in [0.3, 0.4) is 0 Å². The van der Waals surface area contributed by atoms with Crippen LogP contribution in [0.15, 0.2) is 31.0 Å². The van der Waals surface area contributed by atoms with Crippen LogP contribution in [0.1, 0.15) is 0 Å². The fourth-order valence-corrected chi connectivity index (χ4v) is 0.889. The van der Waals surface area contributed by atoms with E-state index in [1.165, 1.54) is 6.07 Å². The molecule has 1 rings (SSSR count). The van der Waals surface area contributed by atoms with Gasteiger partial charge in [0.1, 0.15) is 11.5 Å². The molecule has 0 aliphatic rings. The number of rotatable bonds is 2. The molecule has 3 nitrogen and oxygen atoms in total. The van der Waals surface area contributed by atoms with Crippen molar-refractivity contribution >= 4 is 5.69 Å². The van der Waals surface area contributed by atoms with E-state index in [-0.39, 0.29) is 11.5 Å². The number of hydrogen-bond donors (Lipinski definition) is 2. The first-order valence-electron chi connectivity index (χ1n) is 3.52. The van der Waals surface area contributed by atoms with Crippen molar-refractivity contribution in [2.24, 2.45) is 0 Å². The molecule has 12 heavy (non-hydrogen) atoms. The molecule has 0 saturated heterocycles. The summed E-state index contributed by atoms with van der Waals surface area (Å²) < 4.78 is 0. The molecule has 0 aliphatic carbocycles. The van der Waals surface area contributed by atoms with Crippen LogP contribution in [0, 0.1) is 0 Å². The Morgan fingerprint density at radius 1 is 1.25 bits per heavy atom. The minimum atomic E-state index is 0.0405. The lowest BCUT2D eigenvalue weighted by molar-refractivity contribution is 0.451. The molecule has 0 aromatic heterocycles. The lowest BCUT2D eigenvalue weighted by Crippen LogP contribution is -2.06. The molecule has 3 heteroatoms. The predicted octanol–water partition coefficient (Wildman–Crippen LogP) is 1.68. The van der Waals surface area contributed by atoms with Crippen molar-refractivity contribution in [3.8, 4) is 11.5 Å². The fourth-order valence-electron chi connectivity index (χ4n) is 0.889. The van der Waals surface area contributed by atoms with Crippen LogP contribution in [0.2, 0.25) is 0 Å². The van der Waals surface area contributed by atoms with Gasteiger partial charge in [-0.15, -0.1) is 0 Å². The molecule has 0 aliphatic heterocycles. The molecule has 0 saturated carbocycles. The number of anilines is 1. The van der Waals surface area contributed by atoms with Crippen molar-refractivity contribution in [1.29, 1.82) is 0 Å². The first kappa shape index (κ1) is 8.46. The average Bonchev–Trinajstić information content (AvgIpc) is 2.01. The zero-order chi connectivity index (χ0) is 9.14. The standard InChI is InChI=1S/C9H11NO2/c1-3-10(2)7-4-8(11)6-9(12)5-7/h3-6,11-12H,1H2,2H3. The van der Waals surface area contributed by atoms with E-state index in [2.05, 4.69) is 6.58 Å². The molecule has 64 valence electrons. The third kappa shape index (κ3) is 1.69. The summed E-state index contributed by atoms with van der Waals surface area (Å²) in [6.45, 7) is 3.56. The van der Waals surface area contributed by atoms with Crippen LogP contribution in [0.4, 0.5) is 5.69 Å². The monoisotopic (exact) mass is 165 g/mol. The molecule has 0 fully saturated rings. The zero-order valence-electron chi connectivity index (χ0n) is 6.86. The van der Waals surface area contributed by atoms with Gasteiger partial charge in [0.2, 0.25) is 0 Å². The second kappa shape index (κ2) is 3.17. The van der Waals surface area contributed by atoms with Crippen LogP contribution in [0.25, 0.3) is 0 Å². The van der Waals surface area contributed by atoms with Gasteiger partial charge in [0, 0.05) is 30.9 Å². The summed E-state index contributed by atoms with van der Waals surface area (Å²) in [4.78, 5) is 1.69. The van der Waals surface area contributed by atoms with Gasteiger partial charge in [0.25, 0.3) is 0 Å². The molecule has 1 aromatic rings. The van der Waals surface area contributed by atoms with E-state index in [9.17, 15) is 0 Å². The second-order valence-electron chi connectivity index (χ2n) is 2.50. The van der Waals surface area contributed by atoms with Crippen LogP contribution >= 0.6 is 0 Å². The highest BCUT2D eigenvalue weighted by Gasteiger charge is 2.00. The number of phenolic OH excluding ortho intramolecular Hbond substituents is 2. The molecule has 0 unspecified atom stereocenters. The lowest BCUT2D eigenvalue weighted by Gasteiger charge is -2.13. The molecule has 0 heterocycles. The molecule has 1 aromatic carbocycles. The summed E-state index contributed by atoms with van der Waals surface area (Å²) in [6.07, 6.45) is 1.59. The van der Waals surface area contributed by atoms with Gasteiger partial charge < -0.3 is 15.1 Å². The summed E-state index contributed by atoms with van der Waals surface area (Å²) in [7, 11) is 1.78. The van der Waals surface area contributed by atoms with Crippen LogP contribution in [-0.4, -0.2) is 17.3 Å². The van der Waals surface area contributed by atoms with Gasteiger partial charge in [-0.1, -0.05) is 6.58 Å². The predicted molar refractivity (Wildman–Crippen MR) is 48.4 cm³/mol. The highest BCUT2D eigenvalue weighted by atomic mass is 16.3. The van der Waals surface area contributed by atoms with Crippen molar-refractivity contribution in [3.63, 3.8) is 0 Å². The summed E-state index contributed by atoms with van der Waals surface area (Å²) in [6, 6.07) is 4.36. The Bertz CT molecular complexity index is 276. The van der Waals surface area contributed by atoms with E-state index in [1.807, 2.05) is 0 Å². The lowest BCUT2D eigenvalue weighted by atomic mass is 10.2. The Hall–Kier alpha value is -1.64. The van der Waals surface area contributed by atoms with Crippen molar-refractivity contribution in [3.05, 3.63) is 31.0 Å². The van der Waals surface area contributed by atoms with E-state index in [0.717, 1.165) is 0 Å². The topological polar surface area (TPSA) is 43.7 Å². The smallest absolute Gasteiger partial charge is 0.121 e. The summed E-state index contributed by atoms with van der Waals surface area (Å²) in [5.41, 5.74) is 0.697. The van der Waals surface area contributed by atoms with E-state index in [4.69, 9.17) is 10.2 Å². The van der Waals surface area contributed by atoms with Crippen molar-refractivity contribution in [2.75, 3.05) is 11.9 Å². The first-order chi connectivity index (χ1) is 5.63. The van der Waals surface area contributed by atoms with Gasteiger partial charge in [-0.2, -0.15) is 0 Å². The second-order valence-corrected chi connectivity index (χ2v) is 2.50. The zero-order valence-corrected chi connectivity index (χ0v) is 6.86. The quantitative estimate of drug-likeness (QED) is 0.700. The molecule has 0 spiro atoms. The number of benzene rings is 1. The normalized spacial score (nSPS) is 9.42. The minimum absolute atomic E-state index is 0.0405. The molecule has 0 amide bonds. The van der Waals surface area contributed by atoms with E-state index < -0.39 is 0 Å². The van der Waals surface area contributed by atoms with Crippen LogP contribution < -0.4 is 4.90 Å². The van der Waals surface area contributed by atoms with E-state index in [0.29, 0.717) is 5.69 Å². The number of phenols is 2. The average molecular weight is 165 g/mol. The molecule has 0 radical (unpaired) electrons. The number of hydrogen-bond acceptors (Lipinski definition) is 3. The Labute approximate surface area is 71.2 Å². The maximum absolute atomic E-state index is 9.12. The van der Waals surface area contributed by atoms with Gasteiger partial charge in [-0.3, -0.25) is 0 Å². The Balaban J connectivity index is 3.08. The number of nitrogens with zero attached hydrogens (tertiary/aromatic N) is 1. The summed E-state index contributed by atoms with van der Waals surface area (Å²) in [5.74, 6) is 0.0809. The molecular weight excluding hydrogens is 154 g/mol. The summed E-state index contributed by atoms with van der Waals surface area (Å²) >= 11 is 0. The van der Waals surface area contributed by atoms with Gasteiger partial charge >= 0.3 is 0 Å². The van der Waals surface area contributed by atoms with Crippen LogP contribution in [0.5, 0.6) is 11.5 Å². The fraction of sp³-hybridized carbons (Fsp3) is 0.111. The molecule has 0 bridgehead atoms. The van der Waals surface area contributed by atoms with Gasteiger partial charge in [-0.05, 0) is 6.20 Å². The van der Waals surface area contributed by atoms with Crippen LogP contribution in [-0.2, 0) is 0 Å². The molecule has 2 N–H and O–H groups in total. The van der Waals surface area contributed by atoms with Gasteiger partial charge in [-0.25, -0.2) is 0 Å². The highest BCUT2D eigenvalue weighted by Crippen LogP contribution is 2.25. The van der Waals surface area contributed by atoms with Gasteiger partial charge in [0.15, 0.2) is 0 Å². The third-order valence-corrected chi connectivity index (χ3v) is 1.57.